The first kappa shape index (κ1) is 29.3. The summed E-state index contributed by atoms with van der Waals surface area (Å²) in [6.45, 7) is 9.73. The van der Waals surface area contributed by atoms with Crippen molar-refractivity contribution < 1.29 is 0 Å². The van der Waals surface area contributed by atoms with Gasteiger partial charge in [0.1, 0.15) is 0 Å². The van der Waals surface area contributed by atoms with Gasteiger partial charge in [0.05, 0.1) is 0 Å². The monoisotopic (exact) mass is 668 g/mol. The molecule has 1 heterocycles. The zero-order valence-corrected chi connectivity index (χ0v) is 30.1. The largest absolute Gasteiger partial charge is 0.135 e. The van der Waals surface area contributed by atoms with Gasteiger partial charge in [-0.2, -0.15) is 0 Å². The summed E-state index contributed by atoms with van der Waals surface area (Å²) in [4.78, 5) is 0. The molecule has 242 valence electrons. The first-order valence-electron chi connectivity index (χ1n) is 18.1. The van der Waals surface area contributed by atoms with Crippen LogP contribution in [0.15, 0.2) is 146 Å². The van der Waals surface area contributed by atoms with Gasteiger partial charge in [-0.05, 0) is 113 Å². The third-order valence-corrected chi connectivity index (χ3v) is 13.4. The molecule has 9 aromatic rings. The van der Waals surface area contributed by atoms with Gasteiger partial charge < -0.3 is 0 Å². The minimum Gasteiger partial charge on any atom is -0.135 e. The fourth-order valence-electron chi connectivity index (χ4n) is 9.94. The topological polar surface area (TPSA) is 0 Å². The van der Waals surface area contributed by atoms with Gasteiger partial charge in [0.2, 0.25) is 0 Å². The van der Waals surface area contributed by atoms with E-state index in [1.807, 2.05) is 11.3 Å². The SMILES string of the molecule is CC1(C)c2ccccc2-c2c1cc(-c1c3ccccc3c(-c3ccc4sc5ccccc5c4c3)c3ccccc13)c1c2C(C)(C)c2ccccc2-1. The van der Waals surface area contributed by atoms with Crippen molar-refractivity contribution in [2.45, 2.75) is 38.5 Å². The summed E-state index contributed by atoms with van der Waals surface area (Å²) in [6, 6.07) is 55.1. The zero-order valence-electron chi connectivity index (χ0n) is 29.3. The van der Waals surface area contributed by atoms with E-state index in [9.17, 15) is 0 Å². The van der Waals surface area contributed by atoms with Crippen molar-refractivity contribution in [1.29, 1.82) is 0 Å². The number of benzene rings is 8. The van der Waals surface area contributed by atoms with Gasteiger partial charge in [0.25, 0.3) is 0 Å². The first-order chi connectivity index (χ1) is 24.8. The van der Waals surface area contributed by atoms with Crippen LogP contribution in [0.1, 0.15) is 49.9 Å². The minimum absolute atomic E-state index is 0.120. The lowest BCUT2D eigenvalue weighted by molar-refractivity contribution is 0.648. The van der Waals surface area contributed by atoms with E-state index in [-0.39, 0.29) is 10.8 Å². The molecule has 51 heavy (non-hydrogen) atoms. The molecular weight excluding hydrogens is 633 g/mol. The second-order valence-electron chi connectivity index (χ2n) is 15.6. The fourth-order valence-corrected chi connectivity index (χ4v) is 11.0. The Balaban J connectivity index is 1.30. The van der Waals surface area contributed by atoms with Crippen molar-refractivity contribution in [2.24, 2.45) is 0 Å². The molecular formula is C50H36S. The Morgan fingerprint density at radius 2 is 0.863 bits per heavy atom. The van der Waals surface area contributed by atoms with Crippen molar-refractivity contribution in [3.05, 3.63) is 168 Å². The highest BCUT2D eigenvalue weighted by Crippen LogP contribution is 2.62. The Hall–Kier alpha value is -5.50. The number of hydrogen-bond donors (Lipinski definition) is 0. The number of rotatable bonds is 2. The molecule has 0 aliphatic heterocycles. The molecule has 0 bridgehead atoms. The standard InChI is InChI=1S/C50H36S/c1-49(2)39-22-12-10-21-36(39)47-41(49)28-38(46-35-20-9-13-23-40(35)50(3,4)48(46)47)45-33-18-7-5-16-31(33)44(32-17-6-8-19-34(32)45)29-25-26-43-37(27-29)30-15-11-14-24-42(30)51-43/h5-28H,1-4H3. The highest BCUT2D eigenvalue weighted by Gasteiger charge is 2.46. The van der Waals surface area contributed by atoms with Crippen molar-refractivity contribution in [1.82, 2.24) is 0 Å². The van der Waals surface area contributed by atoms with Crippen LogP contribution in [0.5, 0.6) is 0 Å². The number of fused-ring (bicyclic) bond motifs is 12. The second kappa shape index (κ2) is 10.1. The van der Waals surface area contributed by atoms with E-state index < -0.39 is 0 Å². The van der Waals surface area contributed by atoms with Crippen LogP contribution in [0, 0.1) is 0 Å². The molecule has 0 N–H and O–H groups in total. The third-order valence-electron chi connectivity index (χ3n) is 12.2. The molecule has 1 aromatic heterocycles. The Morgan fingerprint density at radius 3 is 1.53 bits per heavy atom. The first-order valence-corrected chi connectivity index (χ1v) is 18.9. The summed E-state index contributed by atoms with van der Waals surface area (Å²) in [6.07, 6.45) is 0. The van der Waals surface area contributed by atoms with Crippen molar-refractivity contribution >= 4 is 53.1 Å². The Bertz CT molecular complexity index is 2910. The minimum atomic E-state index is -0.149. The summed E-state index contributed by atoms with van der Waals surface area (Å²) in [5.41, 5.74) is 16.3. The van der Waals surface area contributed by atoms with Gasteiger partial charge in [-0.3, -0.25) is 0 Å². The average molecular weight is 669 g/mol. The van der Waals surface area contributed by atoms with Crippen LogP contribution < -0.4 is 0 Å². The molecule has 0 radical (unpaired) electrons. The maximum Gasteiger partial charge on any atom is 0.0355 e. The number of hydrogen-bond acceptors (Lipinski definition) is 1. The van der Waals surface area contributed by atoms with Crippen molar-refractivity contribution in [3.8, 4) is 44.5 Å². The van der Waals surface area contributed by atoms with Gasteiger partial charge in [-0.1, -0.05) is 149 Å². The Kier molecular flexibility index (Phi) is 5.77. The summed E-state index contributed by atoms with van der Waals surface area (Å²) in [5.74, 6) is 0. The quantitative estimate of drug-likeness (QED) is 0.161. The van der Waals surface area contributed by atoms with Gasteiger partial charge >= 0.3 is 0 Å². The predicted molar refractivity (Wildman–Crippen MR) is 220 cm³/mol. The summed E-state index contributed by atoms with van der Waals surface area (Å²) in [7, 11) is 0. The van der Waals surface area contributed by atoms with E-state index in [2.05, 4.69) is 173 Å². The Morgan fingerprint density at radius 1 is 0.353 bits per heavy atom. The maximum atomic E-state index is 2.59. The highest BCUT2D eigenvalue weighted by molar-refractivity contribution is 7.25. The lowest BCUT2D eigenvalue weighted by Gasteiger charge is -2.28. The smallest absolute Gasteiger partial charge is 0.0355 e. The van der Waals surface area contributed by atoms with Crippen LogP contribution in [-0.4, -0.2) is 0 Å². The molecule has 0 saturated carbocycles. The molecule has 2 aliphatic carbocycles. The van der Waals surface area contributed by atoms with Gasteiger partial charge in [0.15, 0.2) is 0 Å². The van der Waals surface area contributed by atoms with Crippen LogP contribution in [-0.2, 0) is 10.8 Å². The van der Waals surface area contributed by atoms with E-state index in [4.69, 9.17) is 0 Å². The van der Waals surface area contributed by atoms with Crippen LogP contribution >= 0.6 is 11.3 Å². The van der Waals surface area contributed by atoms with E-state index >= 15 is 0 Å². The zero-order chi connectivity index (χ0) is 34.2. The molecule has 8 aromatic carbocycles. The third kappa shape index (κ3) is 3.75. The molecule has 0 atom stereocenters. The summed E-state index contributed by atoms with van der Waals surface area (Å²) in [5, 5.41) is 7.88. The van der Waals surface area contributed by atoms with Gasteiger partial charge in [-0.25, -0.2) is 0 Å². The molecule has 2 aliphatic rings. The molecule has 1 heteroatoms. The molecule has 0 saturated heterocycles. The highest BCUT2D eigenvalue weighted by atomic mass is 32.1. The molecule has 0 amide bonds. The van der Waals surface area contributed by atoms with Crippen LogP contribution in [0.4, 0.5) is 0 Å². The summed E-state index contributed by atoms with van der Waals surface area (Å²) < 4.78 is 2.68. The van der Waals surface area contributed by atoms with Gasteiger partial charge in [-0.15, -0.1) is 11.3 Å². The van der Waals surface area contributed by atoms with Crippen LogP contribution in [0.3, 0.4) is 0 Å². The van der Waals surface area contributed by atoms with Crippen molar-refractivity contribution in [2.75, 3.05) is 0 Å². The van der Waals surface area contributed by atoms with Crippen LogP contribution in [0.25, 0.3) is 86.2 Å². The van der Waals surface area contributed by atoms with E-state index in [0.29, 0.717) is 0 Å². The summed E-state index contributed by atoms with van der Waals surface area (Å²) >= 11 is 1.88. The average Bonchev–Trinajstić information content (AvgIpc) is 3.73. The van der Waals surface area contributed by atoms with E-state index in [1.54, 1.807) is 0 Å². The Labute approximate surface area is 302 Å². The predicted octanol–water partition coefficient (Wildman–Crippen LogP) is 14.3. The van der Waals surface area contributed by atoms with Gasteiger partial charge in [0, 0.05) is 31.0 Å². The molecule has 0 nitrogen and oxygen atoms in total. The lowest BCUT2D eigenvalue weighted by Crippen LogP contribution is -2.18. The fraction of sp³-hybridized carbons (Fsp3) is 0.120. The molecule has 0 fully saturated rings. The second-order valence-corrected chi connectivity index (χ2v) is 16.7. The van der Waals surface area contributed by atoms with E-state index in [1.165, 1.54) is 108 Å². The maximum absolute atomic E-state index is 2.59. The molecule has 11 rings (SSSR count). The normalized spacial score (nSPS) is 15.0. The van der Waals surface area contributed by atoms with Crippen molar-refractivity contribution in [3.63, 3.8) is 0 Å². The van der Waals surface area contributed by atoms with Crippen LogP contribution in [0.2, 0.25) is 0 Å². The number of thiophene rings is 1. The molecule has 0 spiro atoms. The lowest BCUT2D eigenvalue weighted by atomic mass is 9.74. The van der Waals surface area contributed by atoms with E-state index in [0.717, 1.165) is 0 Å². The molecule has 0 unspecified atom stereocenters.